The minimum Gasteiger partial charge on any atom is -0.365 e. The molecule has 1 aliphatic rings. The number of hydrogen-bond donors (Lipinski definition) is 1. The number of benzene rings is 2. The maximum absolute atomic E-state index is 12.8. The second kappa shape index (κ2) is 9.31. The zero-order valence-corrected chi connectivity index (χ0v) is 18.0. The lowest BCUT2D eigenvalue weighted by molar-refractivity contribution is -0.134. The highest BCUT2D eigenvalue weighted by molar-refractivity contribution is 6.34. The summed E-state index contributed by atoms with van der Waals surface area (Å²) in [7, 11) is 0. The third-order valence-electron chi connectivity index (χ3n) is 5.26. The summed E-state index contributed by atoms with van der Waals surface area (Å²) in [5, 5.41) is 3.60. The topological polar surface area (TPSA) is 52.7 Å². The average Bonchev–Trinajstić information content (AvgIpc) is 2.73. The Labute approximate surface area is 177 Å². The quantitative estimate of drug-likeness (QED) is 0.787. The minimum atomic E-state index is -0.162. The number of carbonyl (C=O) groups is 2. The molecule has 1 aliphatic heterocycles. The summed E-state index contributed by atoms with van der Waals surface area (Å²) < 4.78 is 0. The van der Waals surface area contributed by atoms with Gasteiger partial charge in [0.05, 0.1) is 16.4 Å². The first-order valence-electron chi connectivity index (χ1n) is 10.1. The molecule has 3 rings (SSSR count). The number of rotatable bonds is 5. The Morgan fingerprint density at radius 3 is 2.28 bits per heavy atom. The fourth-order valence-corrected chi connectivity index (χ4v) is 3.83. The maximum Gasteiger partial charge on any atom is 0.255 e. The van der Waals surface area contributed by atoms with Gasteiger partial charge in [0.25, 0.3) is 5.91 Å². The molecule has 2 aromatic carbocycles. The van der Waals surface area contributed by atoms with Crippen molar-refractivity contribution in [3.8, 4) is 0 Å². The Hall–Kier alpha value is -2.53. The molecule has 0 radical (unpaired) electrons. The van der Waals surface area contributed by atoms with Crippen LogP contribution in [-0.2, 0) is 11.2 Å². The van der Waals surface area contributed by atoms with Gasteiger partial charge in [0.1, 0.15) is 0 Å². The average molecular weight is 414 g/mol. The first-order valence-corrected chi connectivity index (χ1v) is 10.5. The monoisotopic (exact) mass is 413 g/mol. The van der Waals surface area contributed by atoms with Crippen LogP contribution < -0.4 is 10.2 Å². The SMILES string of the molecule is CCc1ccc(C(=O)Nc2cccc(Cl)c2N2CCN(C(=O)C(C)C)CC2)cc1. The molecule has 2 amide bonds. The van der Waals surface area contributed by atoms with Gasteiger partial charge >= 0.3 is 0 Å². The smallest absolute Gasteiger partial charge is 0.255 e. The van der Waals surface area contributed by atoms with E-state index >= 15 is 0 Å². The Morgan fingerprint density at radius 1 is 1.03 bits per heavy atom. The maximum atomic E-state index is 12.8. The number of carbonyl (C=O) groups excluding carboxylic acids is 2. The van der Waals surface area contributed by atoms with Gasteiger partial charge in [0.2, 0.25) is 5.91 Å². The van der Waals surface area contributed by atoms with Gasteiger partial charge in [-0.15, -0.1) is 0 Å². The summed E-state index contributed by atoms with van der Waals surface area (Å²) in [6.45, 7) is 8.57. The Kier molecular flexibility index (Phi) is 6.80. The van der Waals surface area contributed by atoms with Crippen LogP contribution in [-0.4, -0.2) is 42.9 Å². The van der Waals surface area contributed by atoms with Crippen molar-refractivity contribution in [2.75, 3.05) is 36.4 Å². The summed E-state index contributed by atoms with van der Waals surface area (Å²) in [6, 6.07) is 13.2. The van der Waals surface area contributed by atoms with E-state index in [1.54, 1.807) is 0 Å². The van der Waals surface area contributed by atoms with E-state index in [1.165, 1.54) is 5.56 Å². The van der Waals surface area contributed by atoms with Gasteiger partial charge in [-0.25, -0.2) is 0 Å². The van der Waals surface area contributed by atoms with Crippen molar-refractivity contribution in [2.45, 2.75) is 27.2 Å². The summed E-state index contributed by atoms with van der Waals surface area (Å²) in [6.07, 6.45) is 0.936. The number of aryl methyl sites for hydroxylation is 1. The molecule has 6 heteroatoms. The van der Waals surface area contributed by atoms with Crippen molar-refractivity contribution in [3.05, 3.63) is 58.6 Å². The number of piperazine rings is 1. The van der Waals surface area contributed by atoms with Crippen LogP contribution in [0.25, 0.3) is 0 Å². The third kappa shape index (κ3) is 4.91. The van der Waals surface area contributed by atoms with Crippen LogP contribution in [0.4, 0.5) is 11.4 Å². The first-order chi connectivity index (χ1) is 13.9. The highest BCUT2D eigenvalue weighted by Gasteiger charge is 2.25. The molecule has 5 nitrogen and oxygen atoms in total. The predicted octanol–water partition coefficient (Wildman–Crippen LogP) is 4.46. The molecule has 0 unspecified atom stereocenters. The minimum absolute atomic E-state index is 0.00388. The van der Waals surface area contributed by atoms with E-state index in [0.29, 0.717) is 42.5 Å². The lowest BCUT2D eigenvalue weighted by Crippen LogP contribution is -2.50. The molecule has 29 heavy (non-hydrogen) atoms. The van der Waals surface area contributed by atoms with Gasteiger partial charge in [0.15, 0.2) is 0 Å². The van der Waals surface area contributed by atoms with E-state index < -0.39 is 0 Å². The van der Waals surface area contributed by atoms with Crippen molar-refractivity contribution in [2.24, 2.45) is 5.92 Å². The highest BCUT2D eigenvalue weighted by Crippen LogP contribution is 2.35. The van der Waals surface area contributed by atoms with E-state index in [4.69, 9.17) is 11.6 Å². The Balaban J connectivity index is 1.76. The van der Waals surface area contributed by atoms with Crippen LogP contribution in [0.2, 0.25) is 5.02 Å². The molecule has 1 saturated heterocycles. The molecule has 0 aromatic heterocycles. The molecule has 0 spiro atoms. The Bertz CT molecular complexity index is 872. The van der Waals surface area contributed by atoms with Gasteiger partial charge in [-0.05, 0) is 36.2 Å². The number of amides is 2. The van der Waals surface area contributed by atoms with E-state index in [-0.39, 0.29) is 17.7 Å². The zero-order valence-electron chi connectivity index (χ0n) is 17.2. The standard InChI is InChI=1S/C23H28ClN3O2/c1-4-17-8-10-18(11-9-17)22(28)25-20-7-5-6-19(24)21(20)26-12-14-27(15-13-26)23(29)16(2)3/h5-11,16H,4,12-15H2,1-3H3,(H,25,28). The number of hydrogen-bond acceptors (Lipinski definition) is 3. The molecule has 0 saturated carbocycles. The summed E-state index contributed by atoms with van der Waals surface area (Å²) in [5.74, 6) is 0.00783. The number of halogens is 1. The fourth-order valence-electron chi connectivity index (χ4n) is 3.54. The molecular formula is C23H28ClN3O2. The lowest BCUT2D eigenvalue weighted by atomic mass is 10.1. The van der Waals surface area contributed by atoms with E-state index in [1.807, 2.05) is 61.2 Å². The summed E-state index contributed by atoms with van der Waals surface area (Å²) in [4.78, 5) is 29.0. The molecule has 1 fully saturated rings. The van der Waals surface area contributed by atoms with Crippen molar-refractivity contribution in [1.82, 2.24) is 4.90 Å². The normalized spacial score (nSPS) is 14.2. The van der Waals surface area contributed by atoms with Gasteiger partial charge < -0.3 is 15.1 Å². The molecular weight excluding hydrogens is 386 g/mol. The Morgan fingerprint density at radius 2 is 1.69 bits per heavy atom. The van der Waals surface area contributed by atoms with Crippen molar-refractivity contribution < 1.29 is 9.59 Å². The number of nitrogens with zero attached hydrogens (tertiary/aromatic N) is 2. The van der Waals surface area contributed by atoms with Crippen molar-refractivity contribution >= 4 is 34.8 Å². The molecule has 0 aliphatic carbocycles. The van der Waals surface area contributed by atoms with Crippen LogP contribution >= 0.6 is 11.6 Å². The number of nitrogens with one attached hydrogen (secondary N) is 1. The van der Waals surface area contributed by atoms with Crippen LogP contribution in [0.5, 0.6) is 0 Å². The fraction of sp³-hybridized carbons (Fsp3) is 0.391. The van der Waals surface area contributed by atoms with Crippen LogP contribution in [0, 0.1) is 5.92 Å². The van der Waals surface area contributed by atoms with E-state index in [2.05, 4.69) is 17.1 Å². The second-order valence-electron chi connectivity index (χ2n) is 7.61. The number of anilines is 2. The molecule has 1 N–H and O–H groups in total. The van der Waals surface area contributed by atoms with Crippen LogP contribution in [0.15, 0.2) is 42.5 Å². The van der Waals surface area contributed by atoms with Crippen molar-refractivity contribution in [3.63, 3.8) is 0 Å². The van der Waals surface area contributed by atoms with Crippen LogP contribution in [0.1, 0.15) is 36.7 Å². The summed E-state index contributed by atoms with van der Waals surface area (Å²) >= 11 is 6.51. The van der Waals surface area contributed by atoms with Gasteiger partial charge in [-0.1, -0.05) is 50.6 Å². The van der Waals surface area contributed by atoms with E-state index in [9.17, 15) is 9.59 Å². The van der Waals surface area contributed by atoms with Gasteiger partial charge in [-0.3, -0.25) is 9.59 Å². The molecule has 1 heterocycles. The first kappa shape index (κ1) is 21.2. The predicted molar refractivity (Wildman–Crippen MR) is 119 cm³/mol. The zero-order chi connectivity index (χ0) is 21.0. The molecule has 0 atom stereocenters. The summed E-state index contributed by atoms with van der Waals surface area (Å²) in [5.41, 5.74) is 3.30. The molecule has 0 bridgehead atoms. The van der Waals surface area contributed by atoms with Gasteiger partial charge in [0, 0.05) is 37.7 Å². The van der Waals surface area contributed by atoms with E-state index in [0.717, 1.165) is 12.1 Å². The largest absolute Gasteiger partial charge is 0.365 e. The number of para-hydroxylation sites is 1. The lowest BCUT2D eigenvalue weighted by Gasteiger charge is -2.38. The van der Waals surface area contributed by atoms with Gasteiger partial charge in [-0.2, -0.15) is 0 Å². The molecule has 2 aromatic rings. The third-order valence-corrected chi connectivity index (χ3v) is 5.57. The second-order valence-corrected chi connectivity index (χ2v) is 8.01. The van der Waals surface area contributed by atoms with Crippen molar-refractivity contribution in [1.29, 1.82) is 0 Å². The molecule has 154 valence electrons. The van der Waals surface area contributed by atoms with Crippen LogP contribution in [0.3, 0.4) is 0 Å². The highest BCUT2D eigenvalue weighted by atomic mass is 35.5.